The molecule has 1 aliphatic carbocycles. The number of nitrogens with one attached hydrogen (secondary N) is 1. The van der Waals surface area contributed by atoms with Gasteiger partial charge >= 0.3 is 0 Å². The summed E-state index contributed by atoms with van der Waals surface area (Å²) >= 11 is 0. The summed E-state index contributed by atoms with van der Waals surface area (Å²) in [4.78, 5) is 0. The normalized spacial score (nSPS) is 46.0. The molecule has 1 saturated heterocycles. The molecule has 0 aromatic heterocycles. The first-order valence-electron chi connectivity index (χ1n) is 3.31. The third-order valence-electron chi connectivity index (χ3n) is 2.36. The first-order valence-corrected chi connectivity index (χ1v) is 3.31. The molecule has 2 rings (SSSR count). The molecule has 2 aliphatic rings. The SMILES string of the molecule is FC1(F)[C@@H]2CNCC[C@@H]21. The highest BCUT2D eigenvalue weighted by Crippen LogP contribution is 2.57. The lowest BCUT2D eigenvalue weighted by Crippen LogP contribution is -2.23. The first-order chi connectivity index (χ1) is 4.23. The maximum atomic E-state index is 12.5. The fourth-order valence-corrected chi connectivity index (χ4v) is 1.65. The van der Waals surface area contributed by atoms with Gasteiger partial charge in [0.05, 0.1) is 0 Å². The van der Waals surface area contributed by atoms with Gasteiger partial charge in [-0.15, -0.1) is 0 Å². The molecule has 0 radical (unpaired) electrons. The van der Waals surface area contributed by atoms with Crippen molar-refractivity contribution in [3.8, 4) is 0 Å². The second kappa shape index (κ2) is 1.45. The predicted octanol–water partition coefficient (Wildman–Crippen LogP) is 0.861. The molecular weight excluding hydrogens is 124 g/mol. The Kier molecular flexibility index (Phi) is 0.903. The Bertz CT molecular complexity index is 121. The monoisotopic (exact) mass is 133 g/mol. The molecule has 0 bridgehead atoms. The van der Waals surface area contributed by atoms with E-state index in [0.29, 0.717) is 13.0 Å². The van der Waals surface area contributed by atoms with Crippen LogP contribution in [0.3, 0.4) is 0 Å². The van der Waals surface area contributed by atoms with Gasteiger partial charge in [0.1, 0.15) is 0 Å². The van der Waals surface area contributed by atoms with Crippen LogP contribution in [-0.4, -0.2) is 19.0 Å². The quantitative estimate of drug-likeness (QED) is 0.516. The number of hydrogen-bond donors (Lipinski definition) is 1. The number of piperidine rings is 1. The first kappa shape index (κ1) is 5.59. The van der Waals surface area contributed by atoms with Gasteiger partial charge < -0.3 is 5.32 Å². The van der Waals surface area contributed by atoms with E-state index in [9.17, 15) is 8.78 Å². The Hall–Kier alpha value is -0.180. The van der Waals surface area contributed by atoms with Crippen molar-refractivity contribution >= 4 is 0 Å². The van der Waals surface area contributed by atoms with Gasteiger partial charge in [-0.1, -0.05) is 0 Å². The lowest BCUT2D eigenvalue weighted by molar-refractivity contribution is 0.0868. The maximum absolute atomic E-state index is 12.5. The van der Waals surface area contributed by atoms with Crippen LogP contribution >= 0.6 is 0 Å². The van der Waals surface area contributed by atoms with Gasteiger partial charge in [-0.05, 0) is 13.0 Å². The van der Waals surface area contributed by atoms with E-state index < -0.39 is 5.92 Å². The van der Waals surface area contributed by atoms with Gasteiger partial charge in [-0.25, -0.2) is 8.78 Å². The molecule has 1 heterocycles. The van der Waals surface area contributed by atoms with Crippen LogP contribution in [0.15, 0.2) is 0 Å². The molecule has 1 aliphatic heterocycles. The third-order valence-corrected chi connectivity index (χ3v) is 2.36. The lowest BCUT2D eigenvalue weighted by atomic mass is 10.2. The minimum Gasteiger partial charge on any atom is -0.316 e. The summed E-state index contributed by atoms with van der Waals surface area (Å²) in [6, 6.07) is 0. The zero-order valence-electron chi connectivity index (χ0n) is 5.03. The molecular formula is C6H9F2N. The van der Waals surface area contributed by atoms with Crippen LogP contribution in [0.25, 0.3) is 0 Å². The molecule has 52 valence electrons. The van der Waals surface area contributed by atoms with Crippen LogP contribution in [0.2, 0.25) is 0 Å². The van der Waals surface area contributed by atoms with Gasteiger partial charge in [0.25, 0.3) is 5.92 Å². The van der Waals surface area contributed by atoms with E-state index in [2.05, 4.69) is 5.32 Å². The van der Waals surface area contributed by atoms with Crippen molar-refractivity contribution < 1.29 is 8.78 Å². The summed E-state index contributed by atoms with van der Waals surface area (Å²) in [5.41, 5.74) is 0. The molecule has 2 atom stereocenters. The van der Waals surface area contributed by atoms with Crippen molar-refractivity contribution in [2.24, 2.45) is 11.8 Å². The van der Waals surface area contributed by atoms with Gasteiger partial charge in [-0.2, -0.15) is 0 Å². The highest BCUT2D eigenvalue weighted by Gasteiger charge is 2.67. The Morgan fingerprint density at radius 1 is 1.33 bits per heavy atom. The minimum atomic E-state index is -2.32. The highest BCUT2D eigenvalue weighted by atomic mass is 19.3. The molecule has 0 amide bonds. The van der Waals surface area contributed by atoms with Crippen molar-refractivity contribution in [2.75, 3.05) is 13.1 Å². The summed E-state index contributed by atoms with van der Waals surface area (Å²) in [5.74, 6) is -2.92. The number of fused-ring (bicyclic) bond motifs is 1. The number of alkyl halides is 2. The van der Waals surface area contributed by atoms with E-state index in [1.54, 1.807) is 0 Å². The topological polar surface area (TPSA) is 12.0 Å². The smallest absolute Gasteiger partial charge is 0.255 e. The van der Waals surface area contributed by atoms with Crippen molar-refractivity contribution in [3.63, 3.8) is 0 Å². The van der Waals surface area contributed by atoms with E-state index in [4.69, 9.17) is 0 Å². The van der Waals surface area contributed by atoms with E-state index >= 15 is 0 Å². The maximum Gasteiger partial charge on any atom is 0.255 e. The molecule has 1 nitrogen and oxygen atoms in total. The van der Waals surface area contributed by atoms with Crippen LogP contribution in [0, 0.1) is 11.8 Å². The van der Waals surface area contributed by atoms with Crippen molar-refractivity contribution in [1.29, 1.82) is 0 Å². The van der Waals surface area contributed by atoms with E-state index in [1.807, 2.05) is 0 Å². The molecule has 2 fully saturated rings. The van der Waals surface area contributed by atoms with Crippen LogP contribution in [0.4, 0.5) is 8.78 Å². The molecule has 0 unspecified atom stereocenters. The fraction of sp³-hybridized carbons (Fsp3) is 1.00. The van der Waals surface area contributed by atoms with E-state index in [0.717, 1.165) is 6.54 Å². The summed E-state index contributed by atoms with van der Waals surface area (Å²) in [6.07, 6.45) is 0.664. The lowest BCUT2D eigenvalue weighted by Gasteiger charge is -2.05. The average molecular weight is 133 g/mol. The summed E-state index contributed by atoms with van der Waals surface area (Å²) in [6.45, 7) is 1.30. The zero-order valence-corrected chi connectivity index (χ0v) is 5.03. The van der Waals surface area contributed by atoms with Crippen molar-refractivity contribution in [2.45, 2.75) is 12.3 Å². The van der Waals surface area contributed by atoms with Gasteiger partial charge in [-0.3, -0.25) is 0 Å². The molecule has 9 heavy (non-hydrogen) atoms. The third kappa shape index (κ3) is 0.611. The van der Waals surface area contributed by atoms with Gasteiger partial charge in [0.2, 0.25) is 0 Å². The molecule has 0 spiro atoms. The van der Waals surface area contributed by atoms with Gasteiger partial charge in [0.15, 0.2) is 0 Å². The highest BCUT2D eigenvalue weighted by molar-refractivity contribution is 5.08. The summed E-state index contributed by atoms with van der Waals surface area (Å²) < 4.78 is 24.9. The average Bonchev–Trinajstić information content (AvgIpc) is 2.39. The standard InChI is InChI=1S/C6H9F2N/c7-6(8)4-1-2-9-3-5(4)6/h4-5,9H,1-3H2/t4-,5+/m0/s1. The van der Waals surface area contributed by atoms with E-state index in [-0.39, 0.29) is 11.8 Å². The summed E-state index contributed by atoms with van der Waals surface area (Å²) in [7, 11) is 0. The van der Waals surface area contributed by atoms with Crippen molar-refractivity contribution in [3.05, 3.63) is 0 Å². The zero-order chi connectivity index (χ0) is 6.48. The molecule has 0 aromatic carbocycles. The summed E-state index contributed by atoms with van der Waals surface area (Å²) in [5, 5.41) is 2.95. The molecule has 0 aromatic rings. The Morgan fingerprint density at radius 2 is 2.11 bits per heavy atom. The largest absolute Gasteiger partial charge is 0.316 e. The second-order valence-corrected chi connectivity index (χ2v) is 2.88. The van der Waals surface area contributed by atoms with Crippen LogP contribution in [0.1, 0.15) is 6.42 Å². The molecule has 3 heteroatoms. The molecule has 1 saturated carbocycles. The number of rotatable bonds is 0. The fourth-order valence-electron chi connectivity index (χ4n) is 1.65. The van der Waals surface area contributed by atoms with Crippen molar-refractivity contribution in [1.82, 2.24) is 5.32 Å². The molecule has 1 N–H and O–H groups in total. The second-order valence-electron chi connectivity index (χ2n) is 2.88. The van der Waals surface area contributed by atoms with Crippen LogP contribution < -0.4 is 5.32 Å². The Labute approximate surface area is 52.4 Å². The van der Waals surface area contributed by atoms with Gasteiger partial charge in [0, 0.05) is 18.4 Å². The van der Waals surface area contributed by atoms with E-state index in [1.165, 1.54) is 0 Å². The predicted molar refractivity (Wildman–Crippen MR) is 29.4 cm³/mol. The van der Waals surface area contributed by atoms with Crippen LogP contribution in [-0.2, 0) is 0 Å². The number of hydrogen-bond acceptors (Lipinski definition) is 1. The Morgan fingerprint density at radius 3 is 2.56 bits per heavy atom. The number of halogens is 2. The Balaban J connectivity index is 2.06. The van der Waals surface area contributed by atoms with Crippen LogP contribution in [0.5, 0.6) is 0 Å². The minimum absolute atomic E-state index is 0.279.